The summed E-state index contributed by atoms with van der Waals surface area (Å²) in [4.78, 5) is 24.6. The Labute approximate surface area is 513 Å². The maximum absolute atomic E-state index is 12.5. The molecule has 2 atom stereocenters. The topological polar surface area (TPSA) is 95.9 Å². The number of carbonyl (C=O) groups excluding carboxylic acids is 2. The van der Waals surface area contributed by atoms with Crippen molar-refractivity contribution in [3.8, 4) is 0 Å². The molecule has 0 saturated carbocycles. The number of rotatable bonds is 70. The van der Waals surface area contributed by atoms with E-state index in [9.17, 15) is 19.8 Å². The van der Waals surface area contributed by atoms with Gasteiger partial charge in [-0.2, -0.15) is 0 Å². The van der Waals surface area contributed by atoms with Gasteiger partial charge in [0.05, 0.1) is 25.4 Å². The van der Waals surface area contributed by atoms with Gasteiger partial charge in [0.2, 0.25) is 5.91 Å². The van der Waals surface area contributed by atoms with Gasteiger partial charge in [-0.25, -0.2) is 0 Å². The maximum atomic E-state index is 12.5. The third kappa shape index (κ3) is 67.2. The molecule has 0 aliphatic rings. The molecule has 82 heavy (non-hydrogen) atoms. The second-order valence-corrected chi connectivity index (χ2v) is 25.6. The van der Waals surface area contributed by atoms with Crippen LogP contribution >= 0.6 is 0 Å². The van der Waals surface area contributed by atoms with Crippen LogP contribution in [-0.2, 0) is 14.3 Å². The lowest BCUT2D eigenvalue weighted by Crippen LogP contribution is -2.45. The number of amides is 1. The van der Waals surface area contributed by atoms with Crippen molar-refractivity contribution in [3.05, 3.63) is 36.5 Å². The molecular weight excluding hydrogens is 1010 g/mol. The van der Waals surface area contributed by atoms with Crippen LogP contribution in [0, 0.1) is 0 Å². The SMILES string of the molecule is CCCCCC/C=C\CCCCCCCC(=O)OCCCCCCCCCCC/C=C\C/C=C\CCCCCCCCCCCCCCCCCCCC(=O)NC(CO)C(O)CCCCCCCCCCCCCCCCCCCCC. The number of unbranched alkanes of at least 4 members (excludes halogenated alkanes) is 53. The van der Waals surface area contributed by atoms with E-state index in [1.165, 1.54) is 327 Å². The van der Waals surface area contributed by atoms with E-state index in [2.05, 4.69) is 55.6 Å². The van der Waals surface area contributed by atoms with E-state index in [4.69, 9.17) is 4.74 Å². The van der Waals surface area contributed by atoms with Gasteiger partial charge in [-0.15, -0.1) is 0 Å². The number of hydrogen-bond acceptors (Lipinski definition) is 5. The second kappa shape index (κ2) is 71.6. The van der Waals surface area contributed by atoms with Crippen LogP contribution < -0.4 is 5.32 Å². The largest absolute Gasteiger partial charge is 0.466 e. The quantitative estimate of drug-likeness (QED) is 0.0320. The van der Waals surface area contributed by atoms with Crippen LogP contribution in [0.5, 0.6) is 0 Å². The zero-order valence-corrected chi connectivity index (χ0v) is 55.5. The Morgan fingerprint density at radius 1 is 0.341 bits per heavy atom. The van der Waals surface area contributed by atoms with Crippen LogP contribution in [0.15, 0.2) is 36.5 Å². The molecule has 0 aliphatic heterocycles. The molecule has 6 nitrogen and oxygen atoms in total. The number of aliphatic hydroxyl groups is 2. The molecule has 0 heterocycles. The van der Waals surface area contributed by atoms with Gasteiger partial charge in [0, 0.05) is 12.8 Å². The lowest BCUT2D eigenvalue weighted by molar-refractivity contribution is -0.143. The molecule has 3 N–H and O–H groups in total. The smallest absolute Gasteiger partial charge is 0.305 e. The Bertz CT molecular complexity index is 1330. The van der Waals surface area contributed by atoms with E-state index >= 15 is 0 Å². The van der Waals surface area contributed by atoms with Crippen LogP contribution in [0.1, 0.15) is 412 Å². The van der Waals surface area contributed by atoms with Crippen molar-refractivity contribution in [1.29, 1.82) is 0 Å². The summed E-state index contributed by atoms with van der Waals surface area (Å²) in [6, 6.07) is -0.541. The third-order valence-corrected chi connectivity index (χ3v) is 17.4. The summed E-state index contributed by atoms with van der Waals surface area (Å²) in [5.74, 6) is -0.0237. The number of carbonyl (C=O) groups is 2. The Morgan fingerprint density at radius 3 is 0.951 bits per heavy atom. The Kier molecular flexibility index (Phi) is 69.9. The molecule has 1 amide bonds. The highest BCUT2D eigenvalue weighted by molar-refractivity contribution is 5.76. The van der Waals surface area contributed by atoms with Crippen LogP contribution in [0.2, 0.25) is 0 Å². The first-order valence-corrected chi connectivity index (χ1v) is 37.2. The number of hydrogen-bond donors (Lipinski definition) is 3. The first-order chi connectivity index (χ1) is 40.5. The predicted molar refractivity (Wildman–Crippen MR) is 361 cm³/mol. The fourth-order valence-corrected chi connectivity index (χ4v) is 11.7. The van der Waals surface area contributed by atoms with Crippen molar-refractivity contribution in [2.75, 3.05) is 13.2 Å². The van der Waals surface area contributed by atoms with E-state index in [0.29, 0.717) is 25.9 Å². The van der Waals surface area contributed by atoms with E-state index in [1.54, 1.807) is 0 Å². The van der Waals surface area contributed by atoms with Crippen molar-refractivity contribution >= 4 is 11.9 Å². The molecule has 2 unspecified atom stereocenters. The molecular formula is C76H145NO5. The predicted octanol–water partition coefficient (Wildman–Crippen LogP) is 24.3. The molecule has 0 aromatic carbocycles. The van der Waals surface area contributed by atoms with Gasteiger partial charge in [-0.1, -0.05) is 352 Å². The summed E-state index contributed by atoms with van der Waals surface area (Å²) in [6.45, 7) is 4.97. The standard InChI is InChI=1S/C76H145NO5/c1-3-5-7-9-11-13-15-17-18-19-35-38-41-45-48-52-56-60-64-68-74(79)73(72-78)77-75(80)69-65-61-57-53-49-46-42-39-36-33-31-29-27-25-23-21-20-22-24-26-28-30-32-34-37-40-43-47-51-55-59-63-67-71-82-76(81)70-66-62-58-54-50-44-16-14-12-10-8-6-4-2/h14,16,24,26,30,32,73-74,78-79H,3-13,15,17-23,25,27-29,31,33-72H2,1-2H3,(H,77,80)/b16-14-,26-24-,32-30-. The average Bonchev–Trinajstić information content (AvgIpc) is 3.48. The van der Waals surface area contributed by atoms with Crippen LogP contribution in [-0.4, -0.2) is 47.4 Å². The molecule has 0 saturated heterocycles. The number of esters is 1. The maximum Gasteiger partial charge on any atom is 0.305 e. The number of aliphatic hydroxyl groups excluding tert-OH is 2. The summed E-state index contributed by atoms with van der Waals surface area (Å²) >= 11 is 0. The minimum absolute atomic E-state index is 0.00535. The lowest BCUT2D eigenvalue weighted by atomic mass is 10.0. The normalized spacial score (nSPS) is 12.7. The molecule has 0 aromatic heterocycles. The molecule has 6 heteroatoms. The van der Waals surface area contributed by atoms with Crippen molar-refractivity contribution in [1.82, 2.24) is 5.32 Å². The molecule has 0 bridgehead atoms. The molecule has 0 rings (SSSR count). The van der Waals surface area contributed by atoms with Gasteiger partial charge in [-0.3, -0.25) is 9.59 Å². The third-order valence-electron chi connectivity index (χ3n) is 17.4. The van der Waals surface area contributed by atoms with E-state index < -0.39 is 12.1 Å². The molecule has 0 aromatic rings. The number of ether oxygens (including phenoxy) is 1. The molecule has 0 spiro atoms. The first kappa shape index (κ1) is 80.1. The first-order valence-electron chi connectivity index (χ1n) is 37.2. The van der Waals surface area contributed by atoms with E-state index in [0.717, 1.165) is 51.4 Å². The number of allylic oxidation sites excluding steroid dienone is 6. The van der Waals surface area contributed by atoms with E-state index in [-0.39, 0.29) is 18.5 Å². The monoisotopic (exact) mass is 1150 g/mol. The fourth-order valence-electron chi connectivity index (χ4n) is 11.7. The zero-order valence-electron chi connectivity index (χ0n) is 55.5. The van der Waals surface area contributed by atoms with Crippen molar-refractivity contribution in [3.63, 3.8) is 0 Å². The molecule has 484 valence electrons. The summed E-state index contributed by atoms with van der Waals surface area (Å²) in [5, 5.41) is 23.4. The summed E-state index contributed by atoms with van der Waals surface area (Å²) in [5.41, 5.74) is 0. The highest BCUT2D eigenvalue weighted by Crippen LogP contribution is 2.19. The zero-order chi connectivity index (χ0) is 59.2. The van der Waals surface area contributed by atoms with Gasteiger partial charge >= 0.3 is 5.97 Å². The lowest BCUT2D eigenvalue weighted by Gasteiger charge is -2.22. The Hall–Kier alpha value is -1.92. The fraction of sp³-hybridized carbons (Fsp3) is 0.895. The van der Waals surface area contributed by atoms with E-state index in [1.807, 2.05) is 0 Å². The van der Waals surface area contributed by atoms with Crippen LogP contribution in [0.3, 0.4) is 0 Å². The van der Waals surface area contributed by atoms with Gasteiger partial charge in [0.15, 0.2) is 0 Å². The van der Waals surface area contributed by atoms with Gasteiger partial charge in [0.1, 0.15) is 0 Å². The number of nitrogens with one attached hydrogen (secondary N) is 1. The summed E-state index contributed by atoms with van der Waals surface area (Å²) < 4.78 is 5.48. The highest BCUT2D eigenvalue weighted by atomic mass is 16.5. The molecule has 0 fully saturated rings. The Morgan fingerprint density at radius 2 is 0.610 bits per heavy atom. The summed E-state index contributed by atoms with van der Waals surface area (Å²) in [6.07, 6.45) is 92.1. The van der Waals surface area contributed by atoms with Crippen molar-refractivity contribution < 1.29 is 24.5 Å². The van der Waals surface area contributed by atoms with Crippen LogP contribution in [0.4, 0.5) is 0 Å². The highest BCUT2D eigenvalue weighted by Gasteiger charge is 2.20. The summed E-state index contributed by atoms with van der Waals surface area (Å²) in [7, 11) is 0. The van der Waals surface area contributed by atoms with Gasteiger partial charge < -0.3 is 20.3 Å². The molecule has 0 aliphatic carbocycles. The van der Waals surface area contributed by atoms with Crippen molar-refractivity contribution in [2.45, 2.75) is 424 Å². The minimum atomic E-state index is -0.664. The molecule has 0 radical (unpaired) electrons. The average molecular weight is 1150 g/mol. The van der Waals surface area contributed by atoms with Gasteiger partial charge in [0.25, 0.3) is 0 Å². The second-order valence-electron chi connectivity index (χ2n) is 25.6. The van der Waals surface area contributed by atoms with Gasteiger partial charge in [-0.05, 0) is 83.5 Å². The minimum Gasteiger partial charge on any atom is -0.466 e. The Balaban J connectivity index is 3.38. The van der Waals surface area contributed by atoms with Crippen molar-refractivity contribution in [2.24, 2.45) is 0 Å². The van der Waals surface area contributed by atoms with Crippen LogP contribution in [0.25, 0.3) is 0 Å².